The first-order chi connectivity index (χ1) is 9.06. The number of nitrogens with one attached hydrogen (secondary N) is 2. The summed E-state index contributed by atoms with van der Waals surface area (Å²) in [6.45, 7) is 0. The number of nitrogens with zero attached hydrogens (tertiary/aromatic N) is 2. The molecule has 2 rings (SSSR count). The molecule has 0 aliphatic rings. The SMILES string of the molecule is COc1ccc(S(=O)(=O)Nc2ncn[nH]2)c(OC)c1. The van der Waals surface area contributed by atoms with Gasteiger partial charge in [-0.25, -0.2) is 18.2 Å². The monoisotopic (exact) mass is 284 g/mol. The van der Waals surface area contributed by atoms with E-state index in [1.165, 1.54) is 38.7 Å². The van der Waals surface area contributed by atoms with E-state index in [0.29, 0.717) is 5.75 Å². The first-order valence-electron chi connectivity index (χ1n) is 5.17. The van der Waals surface area contributed by atoms with Gasteiger partial charge in [0, 0.05) is 6.07 Å². The van der Waals surface area contributed by atoms with Gasteiger partial charge in [0.2, 0.25) is 5.95 Å². The van der Waals surface area contributed by atoms with Crippen molar-refractivity contribution in [3.05, 3.63) is 24.5 Å². The zero-order valence-corrected chi connectivity index (χ0v) is 11.1. The van der Waals surface area contributed by atoms with Crippen LogP contribution in [0.2, 0.25) is 0 Å². The lowest BCUT2D eigenvalue weighted by atomic mass is 10.3. The summed E-state index contributed by atoms with van der Waals surface area (Å²) in [6.07, 6.45) is 1.20. The molecule has 0 aliphatic heterocycles. The van der Waals surface area contributed by atoms with Crippen molar-refractivity contribution in [2.24, 2.45) is 0 Å². The molecule has 0 fully saturated rings. The van der Waals surface area contributed by atoms with E-state index in [1.807, 2.05) is 0 Å². The molecule has 0 radical (unpaired) electrons. The molecule has 2 N–H and O–H groups in total. The van der Waals surface area contributed by atoms with E-state index in [1.54, 1.807) is 0 Å². The lowest BCUT2D eigenvalue weighted by Crippen LogP contribution is -2.15. The number of benzene rings is 1. The van der Waals surface area contributed by atoms with Crippen molar-refractivity contribution in [3.8, 4) is 11.5 Å². The number of aromatic amines is 1. The third kappa shape index (κ3) is 2.76. The van der Waals surface area contributed by atoms with Gasteiger partial charge in [0.25, 0.3) is 10.0 Å². The minimum Gasteiger partial charge on any atom is -0.497 e. The largest absolute Gasteiger partial charge is 0.497 e. The number of anilines is 1. The predicted octanol–water partition coefficient (Wildman–Crippen LogP) is 0.623. The minimum atomic E-state index is -3.82. The van der Waals surface area contributed by atoms with Crippen molar-refractivity contribution >= 4 is 16.0 Å². The first kappa shape index (κ1) is 13.1. The molecule has 19 heavy (non-hydrogen) atoms. The molecule has 8 nitrogen and oxygen atoms in total. The van der Waals surface area contributed by atoms with E-state index >= 15 is 0 Å². The van der Waals surface area contributed by atoms with E-state index in [4.69, 9.17) is 9.47 Å². The van der Waals surface area contributed by atoms with Crippen LogP contribution in [0.5, 0.6) is 11.5 Å². The normalized spacial score (nSPS) is 11.1. The van der Waals surface area contributed by atoms with Crippen molar-refractivity contribution in [1.29, 1.82) is 0 Å². The molecule has 0 atom stereocenters. The average molecular weight is 284 g/mol. The molecule has 0 aliphatic carbocycles. The molecule has 102 valence electrons. The second-order valence-corrected chi connectivity index (χ2v) is 5.11. The standard InChI is InChI=1S/C10H12N4O4S/c1-17-7-3-4-9(8(5-7)18-2)19(15,16)14-10-11-6-12-13-10/h3-6H,1-2H3,(H2,11,12,13,14). The molecule has 0 saturated heterocycles. The van der Waals surface area contributed by atoms with Crippen LogP contribution in [0.25, 0.3) is 0 Å². The van der Waals surface area contributed by atoms with Crippen molar-refractivity contribution in [2.45, 2.75) is 4.90 Å². The highest BCUT2D eigenvalue weighted by Crippen LogP contribution is 2.29. The molecule has 1 aromatic heterocycles. The maximum atomic E-state index is 12.2. The number of rotatable bonds is 5. The highest BCUT2D eigenvalue weighted by atomic mass is 32.2. The second kappa shape index (κ2) is 5.14. The molecule has 1 aromatic carbocycles. The number of hydrogen-bond acceptors (Lipinski definition) is 6. The van der Waals surface area contributed by atoms with Gasteiger partial charge >= 0.3 is 0 Å². The van der Waals surface area contributed by atoms with Gasteiger partial charge in [-0.2, -0.15) is 10.1 Å². The zero-order valence-electron chi connectivity index (χ0n) is 10.2. The summed E-state index contributed by atoms with van der Waals surface area (Å²) in [7, 11) is -0.956. The summed E-state index contributed by atoms with van der Waals surface area (Å²) < 4.78 is 36.6. The Labute approximate surface area is 109 Å². The summed E-state index contributed by atoms with van der Waals surface area (Å²) in [5, 5.41) is 5.96. The summed E-state index contributed by atoms with van der Waals surface area (Å²) in [5.74, 6) is 0.694. The maximum absolute atomic E-state index is 12.2. The Morgan fingerprint density at radius 2 is 2.05 bits per heavy atom. The van der Waals surface area contributed by atoms with Gasteiger partial charge in [-0.3, -0.25) is 0 Å². The number of methoxy groups -OCH3 is 2. The summed E-state index contributed by atoms with van der Waals surface area (Å²) >= 11 is 0. The number of H-pyrrole nitrogens is 1. The quantitative estimate of drug-likeness (QED) is 0.833. The van der Waals surface area contributed by atoms with Crippen LogP contribution in [0.3, 0.4) is 0 Å². The minimum absolute atomic E-state index is 0.0211. The fourth-order valence-electron chi connectivity index (χ4n) is 1.43. The van der Waals surface area contributed by atoms with Crippen LogP contribution in [0, 0.1) is 0 Å². The van der Waals surface area contributed by atoms with E-state index in [0.717, 1.165) is 0 Å². The predicted molar refractivity (Wildman–Crippen MR) is 66.7 cm³/mol. The fourth-order valence-corrected chi connectivity index (χ4v) is 2.55. The maximum Gasteiger partial charge on any atom is 0.267 e. The van der Waals surface area contributed by atoms with Crippen molar-refractivity contribution < 1.29 is 17.9 Å². The van der Waals surface area contributed by atoms with E-state index in [-0.39, 0.29) is 16.6 Å². The third-order valence-electron chi connectivity index (χ3n) is 2.31. The molecular formula is C10H12N4O4S. The van der Waals surface area contributed by atoms with Gasteiger partial charge in [-0.15, -0.1) is 0 Å². The Kier molecular flexibility index (Phi) is 3.56. The lowest BCUT2D eigenvalue weighted by Gasteiger charge is -2.11. The summed E-state index contributed by atoms with van der Waals surface area (Å²) in [4.78, 5) is 3.67. The van der Waals surface area contributed by atoms with Crippen LogP contribution in [0.15, 0.2) is 29.4 Å². The molecule has 1 heterocycles. The topological polar surface area (TPSA) is 106 Å². The number of hydrogen-bond donors (Lipinski definition) is 2. The van der Waals surface area contributed by atoms with Crippen molar-refractivity contribution in [1.82, 2.24) is 15.2 Å². The molecule has 9 heteroatoms. The Morgan fingerprint density at radius 1 is 1.26 bits per heavy atom. The summed E-state index contributed by atoms with van der Waals surface area (Å²) in [6, 6.07) is 4.39. The smallest absolute Gasteiger partial charge is 0.267 e. The molecule has 0 amide bonds. The molecule has 0 bridgehead atoms. The van der Waals surface area contributed by atoms with Crippen LogP contribution in [0.1, 0.15) is 0 Å². The van der Waals surface area contributed by atoms with E-state index < -0.39 is 10.0 Å². The van der Waals surface area contributed by atoms with Crippen LogP contribution < -0.4 is 14.2 Å². The Balaban J connectivity index is 2.40. The molecular weight excluding hydrogens is 272 g/mol. The Hall–Kier alpha value is -2.29. The van der Waals surface area contributed by atoms with Gasteiger partial charge in [-0.05, 0) is 12.1 Å². The highest BCUT2D eigenvalue weighted by Gasteiger charge is 2.21. The van der Waals surface area contributed by atoms with Crippen molar-refractivity contribution in [2.75, 3.05) is 18.9 Å². The summed E-state index contributed by atoms with van der Waals surface area (Å²) in [5.41, 5.74) is 0. The molecule has 2 aromatic rings. The van der Waals surface area contributed by atoms with Gasteiger partial charge in [-0.1, -0.05) is 0 Å². The number of sulfonamides is 1. The Bertz CT molecular complexity index is 654. The van der Waals surface area contributed by atoms with Gasteiger partial charge in [0.05, 0.1) is 14.2 Å². The number of aromatic nitrogens is 3. The van der Waals surface area contributed by atoms with Crippen molar-refractivity contribution in [3.63, 3.8) is 0 Å². The lowest BCUT2D eigenvalue weighted by molar-refractivity contribution is 0.386. The van der Waals surface area contributed by atoms with Crippen LogP contribution in [0.4, 0.5) is 5.95 Å². The average Bonchev–Trinajstić information content (AvgIpc) is 2.89. The third-order valence-corrected chi connectivity index (χ3v) is 3.68. The zero-order chi connectivity index (χ0) is 13.9. The van der Waals surface area contributed by atoms with E-state index in [2.05, 4.69) is 19.9 Å². The van der Waals surface area contributed by atoms with E-state index in [9.17, 15) is 8.42 Å². The van der Waals surface area contributed by atoms with Gasteiger partial charge in [0.15, 0.2) is 0 Å². The second-order valence-electron chi connectivity index (χ2n) is 3.46. The molecule has 0 spiro atoms. The van der Waals surface area contributed by atoms with Crippen LogP contribution >= 0.6 is 0 Å². The van der Waals surface area contributed by atoms with Crippen LogP contribution in [-0.4, -0.2) is 37.8 Å². The first-order valence-corrected chi connectivity index (χ1v) is 6.65. The van der Waals surface area contributed by atoms with Crippen LogP contribution in [-0.2, 0) is 10.0 Å². The number of ether oxygens (including phenoxy) is 2. The fraction of sp³-hybridized carbons (Fsp3) is 0.200. The molecule has 0 unspecified atom stereocenters. The Morgan fingerprint density at radius 3 is 2.63 bits per heavy atom. The molecule has 0 saturated carbocycles. The highest BCUT2D eigenvalue weighted by molar-refractivity contribution is 7.92. The van der Waals surface area contributed by atoms with Gasteiger partial charge < -0.3 is 9.47 Å². The van der Waals surface area contributed by atoms with Gasteiger partial charge in [0.1, 0.15) is 22.7 Å².